The first-order valence-electron chi connectivity index (χ1n) is 5.24. The number of epoxide rings is 1. The summed E-state index contributed by atoms with van der Waals surface area (Å²) in [6.45, 7) is -1.11. The molecule has 0 aromatic rings. The predicted molar refractivity (Wildman–Crippen MR) is 45.8 cm³/mol. The van der Waals surface area contributed by atoms with Crippen molar-refractivity contribution in [3.05, 3.63) is 0 Å². The smallest absolute Gasteiger partial charge is 0.371 e. The van der Waals surface area contributed by atoms with Crippen LogP contribution in [0, 0.1) is 0 Å². The molecule has 1 saturated heterocycles. The van der Waals surface area contributed by atoms with Crippen molar-refractivity contribution in [2.24, 2.45) is 0 Å². The fourth-order valence-corrected chi connectivity index (χ4v) is 1.12. The summed E-state index contributed by atoms with van der Waals surface area (Å²) in [7, 11) is 0. The minimum Gasteiger partial charge on any atom is -0.371 e. The third-order valence-corrected chi connectivity index (χ3v) is 2.40. The molecule has 20 heavy (non-hydrogen) atoms. The highest BCUT2D eigenvalue weighted by molar-refractivity contribution is 4.92. The van der Waals surface area contributed by atoms with Gasteiger partial charge in [0.2, 0.25) is 0 Å². The molecule has 1 aliphatic rings. The molecule has 0 bridgehead atoms. The summed E-state index contributed by atoms with van der Waals surface area (Å²) in [6.07, 6.45) is -16.5. The van der Waals surface area contributed by atoms with E-state index in [4.69, 9.17) is 0 Å². The van der Waals surface area contributed by atoms with Gasteiger partial charge in [0.25, 0.3) is 0 Å². The van der Waals surface area contributed by atoms with Gasteiger partial charge in [0.15, 0.2) is 0 Å². The fraction of sp³-hybridized carbons (Fsp3) is 1.00. The van der Waals surface area contributed by atoms with Gasteiger partial charge in [-0.15, -0.1) is 0 Å². The lowest BCUT2D eigenvalue weighted by Crippen LogP contribution is -2.55. The second-order valence-corrected chi connectivity index (χ2v) is 4.18. The molecule has 1 atom stereocenters. The topological polar surface area (TPSA) is 21.8 Å². The summed E-state index contributed by atoms with van der Waals surface area (Å²) < 4.78 is 121. The van der Waals surface area contributed by atoms with Gasteiger partial charge in [0, 0.05) is 12.8 Å². The molecule has 0 N–H and O–H groups in total. The van der Waals surface area contributed by atoms with Crippen molar-refractivity contribution in [2.45, 2.75) is 43.1 Å². The minimum absolute atomic E-state index is 0.0495. The Bertz CT molecular complexity index is 335. The minimum atomic E-state index is -6.07. The Balaban J connectivity index is 2.71. The lowest BCUT2D eigenvalue weighted by molar-refractivity contribution is -0.400. The Kier molecular flexibility index (Phi) is 4.55. The van der Waals surface area contributed by atoms with E-state index in [0.29, 0.717) is 0 Å². The number of rotatable bonds is 7. The van der Waals surface area contributed by atoms with E-state index >= 15 is 0 Å². The maximum absolute atomic E-state index is 13.0. The van der Waals surface area contributed by atoms with E-state index in [2.05, 4.69) is 9.47 Å². The molecule has 0 radical (unpaired) electrons. The number of hydrogen-bond acceptors (Lipinski definition) is 2. The molecular formula is C9H9F9O2. The SMILES string of the molecule is FC(F)(F)CCC(F)(F)C(F)(F)C(F)(F)OCC1CO1. The number of halogens is 9. The molecule has 1 unspecified atom stereocenters. The molecule has 0 aromatic heterocycles. The first-order valence-corrected chi connectivity index (χ1v) is 5.24. The van der Waals surface area contributed by atoms with Crippen molar-refractivity contribution in [1.82, 2.24) is 0 Å². The summed E-state index contributed by atoms with van der Waals surface area (Å²) >= 11 is 0. The second kappa shape index (κ2) is 5.24. The standard InChI is InChI=1S/C9H9F9O2/c10-6(11,1-2-7(12,13)14)8(15,16)9(17,18)20-4-5-3-19-5/h5H,1-4H2. The number of hydrogen-bond donors (Lipinski definition) is 0. The quantitative estimate of drug-likeness (QED) is 0.528. The van der Waals surface area contributed by atoms with E-state index in [-0.39, 0.29) is 6.61 Å². The van der Waals surface area contributed by atoms with Crippen molar-refractivity contribution in [3.8, 4) is 0 Å². The molecule has 0 aliphatic carbocycles. The number of ether oxygens (including phenoxy) is 2. The average Bonchev–Trinajstić information content (AvgIpc) is 3.06. The van der Waals surface area contributed by atoms with E-state index in [1.54, 1.807) is 0 Å². The highest BCUT2D eigenvalue weighted by Crippen LogP contribution is 2.49. The van der Waals surface area contributed by atoms with Crippen molar-refractivity contribution in [2.75, 3.05) is 13.2 Å². The van der Waals surface area contributed by atoms with Crippen LogP contribution in [0.1, 0.15) is 12.8 Å². The Hall–Kier alpha value is -0.710. The van der Waals surface area contributed by atoms with Crippen LogP contribution in [0.15, 0.2) is 0 Å². The van der Waals surface area contributed by atoms with Gasteiger partial charge < -0.3 is 9.47 Å². The van der Waals surface area contributed by atoms with Crippen molar-refractivity contribution in [3.63, 3.8) is 0 Å². The van der Waals surface area contributed by atoms with Crippen molar-refractivity contribution < 1.29 is 49.0 Å². The van der Waals surface area contributed by atoms with Crippen LogP contribution >= 0.6 is 0 Å². The van der Waals surface area contributed by atoms with Gasteiger partial charge in [0.05, 0.1) is 13.2 Å². The summed E-state index contributed by atoms with van der Waals surface area (Å²) in [5.41, 5.74) is 0. The number of alkyl halides is 9. The third-order valence-electron chi connectivity index (χ3n) is 2.40. The van der Waals surface area contributed by atoms with Gasteiger partial charge in [-0.2, -0.15) is 39.5 Å². The zero-order valence-corrected chi connectivity index (χ0v) is 9.62. The molecule has 2 nitrogen and oxygen atoms in total. The van der Waals surface area contributed by atoms with Crippen molar-refractivity contribution >= 4 is 0 Å². The molecule has 0 saturated carbocycles. The molecule has 0 amide bonds. The van der Waals surface area contributed by atoms with E-state index in [1.807, 2.05) is 0 Å². The van der Waals surface area contributed by atoms with Gasteiger partial charge >= 0.3 is 24.1 Å². The van der Waals surface area contributed by atoms with Crippen LogP contribution in [0.2, 0.25) is 0 Å². The monoisotopic (exact) mass is 320 g/mol. The Morgan fingerprint density at radius 3 is 1.80 bits per heavy atom. The molecule has 1 heterocycles. The van der Waals surface area contributed by atoms with Crippen LogP contribution in [-0.2, 0) is 9.47 Å². The van der Waals surface area contributed by atoms with Crippen LogP contribution in [0.5, 0.6) is 0 Å². The third kappa shape index (κ3) is 4.14. The molecule has 1 aliphatic heterocycles. The van der Waals surface area contributed by atoms with Gasteiger partial charge in [-0.3, -0.25) is 0 Å². The van der Waals surface area contributed by atoms with E-state index in [1.165, 1.54) is 0 Å². The van der Waals surface area contributed by atoms with Crippen LogP contribution < -0.4 is 0 Å². The first kappa shape index (κ1) is 17.3. The average molecular weight is 320 g/mol. The van der Waals surface area contributed by atoms with Crippen LogP contribution in [0.25, 0.3) is 0 Å². The van der Waals surface area contributed by atoms with Crippen LogP contribution in [0.3, 0.4) is 0 Å². The second-order valence-electron chi connectivity index (χ2n) is 4.18. The molecule has 11 heteroatoms. The Morgan fingerprint density at radius 1 is 0.900 bits per heavy atom. The van der Waals surface area contributed by atoms with Gasteiger partial charge in [0.1, 0.15) is 6.10 Å². The van der Waals surface area contributed by atoms with Crippen LogP contribution in [-0.4, -0.2) is 43.4 Å². The molecule has 1 rings (SSSR count). The molecule has 120 valence electrons. The maximum Gasteiger partial charge on any atom is 0.425 e. The lowest BCUT2D eigenvalue weighted by Gasteiger charge is -2.32. The zero-order chi connectivity index (χ0) is 15.8. The molecule has 0 aromatic carbocycles. The van der Waals surface area contributed by atoms with Gasteiger partial charge in [-0.25, -0.2) is 0 Å². The summed E-state index contributed by atoms with van der Waals surface area (Å²) in [4.78, 5) is 0. The zero-order valence-electron chi connectivity index (χ0n) is 9.62. The Labute approximate surface area is 106 Å². The normalized spacial score (nSPS) is 21.1. The maximum atomic E-state index is 13.0. The largest absolute Gasteiger partial charge is 0.425 e. The molecule has 1 fully saturated rings. The highest BCUT2D eigenvalue weighted by Gasteiger charge is 2.73. The summed E-state index contributed by atoms with van der Waals surface area (Å²) in [5.74, 6) is -11.6. The van der Waals surface area contributed by atoms with Crippen LogP contribution in [0.4, 0.5) is 39.5 Å². The van der Waals surface area contributed by atoms with Gasteiger partial charge in [-0.05, 0) is 0 Å². The fourth-order valence-electron chi connectivity index (χ4n) is 1.12. The Morgan fingerprint density at radius 2 is 1.40 bits per heavy atom. The van der Waals surface area contributed by atoms with E-state index in [9.17, 15) is 39.5 Å². The summed E-state index contributed by atoms with van der Waals surface area (Å²) in [6, 6.07) is 0. The predicted octanol–water partition coefficient (Wildman–Crippen LogP) is 3.61. The highest BCUT2D eigenvalue weighted by atomic mass is 19.4. The van der Waals surface area contributed by atoms with E-state index < -0.39 is 49.7 Å². The lowest BCUT2D eigenvalue weighted by atomic mass is 10.1. The van der Waals surface area contributed by atoms with E-state index in [0.717, 1.165) is 0 Å². The van der Waals surface area contributed by atoms with Gasteiger partial charge in [-0.1, -0.05) is 0 Å². The summed E-state index contributed by atoms with van der Waals surface area (Å²) in [5, 5.41) is 0. The molecule has 0 spiro atoms. The molecular weight excluding hydrogens is 311 g/mol. The first-order chi connectivity index (χ1) is 8.79. The van der Waals surface area contributed by atoms with Crippen molar-refractivity contribution in [1.29, 1.82) is 0 Å².